The maximum absolute atomic E-state index is 12.6. The van der Waals surface area contributed by atoms with Gasteiger partial charge < -0.3 is 20.4 Å². The Hall–Kier alpha value is -3.57. The topological polar surface area (TPSA) is 66.2 Å². The number of methoxy groups -OCH3 is 1. The smallest absolute Gasteiger partial charge is 0.241 e. The number of para-hydroxylation sites is 2. The van der Waals surface area contributed by atoms with Crippen LogP contribution in [-0.2, 0) is 4.79 Å². The van der Waals surface area contributed by atoms with E-state index in [2.05, 4.69) is 46.1 Å². The molecule has 0 fully saturated rings. The van der Waals surface area contributed by atoms with E-state index in [-0.39, 0.29) is 17.9 Å². The SMILES string of the molecule is COc1ccc([C@@H](CN[C@H](C)C(=O)Nc2ccccc2)c2c[nH]c3ccccc23)cc1. The highest BCUT2D eigenvalue weighted by molar-refractivity contribution is 5.94. The first-order valence-electron chi connectivity index (χ1n) is 10.4. The van der Waals surface area contributed by atoms with Gasteiger partial charge in [0, 0.05) is 35.2 Å². The molecule has 1 heterocycles. The monoisotopic (exact) mass is 413 g/mol. The lowest BCUT2D eigenvalue weighted by Crippen LogP contribution is -2.40. The van der Waals surface area contributed by atoms with Gasteiger partial charge in [0.2, 0.25) is 5.91 Å². The maximum atomic E-state index is 12.6. The summed E-state index contributed by atoms with van der Waals surface area (Å²) in [6.45, 7) is 2.51. The van der Waals surface area contributed by atoms with Gasteiger partial charge in [-0.15, -0.1) is 0 Å². The summed E-state index contributed by atoms with van der Waals surface area (Å²) in [6, 6.07) is 25.6. The minimum Gasteiger partial charge on any atom is -0.497 e. The quantitative estimate of drug-likeness (QED) is 0.384. The van der Waals surface area contributed by atoms with Crippen LogP contribution in [0.5, 0.6) is 5.75 Å². The molecule has 1 aromatic heterocycles. The first kappa shape index (κ1) is 20.7. The van der Waals surface area contributed by atoms with Crippen molar-refractivity contribution in [3.05, 3.63) is 96.2 Å². The number of carbonyl (C=O) groups excluding carboxylic acids is 1. The van der Waals surface area contributed by atoms with Gasteiger partial charge in [-0.2, -0.15) is 0 Å². The molecule has 0 aliphatic heterocycles. The van der Waals surface area contributed by atoms with Gasteiger partial charge in [-0.05, 0) is 48.4 Å². The Bertz CT molecular complexity index is 1140. The van der Waals surface area contributed by atoms with Gasteiger partial charge in [0.05, 0.1) is 13.2 Å². The van der Waals surface area contributed by atoms with Gasteiger partial charge in [0.15, 0.2) is 0 Å². The van der Waals surface area contributed by atoms with Crippen LogP contribution in [0.4, 0.5) is 5.69 Å². The van der Waals surface area contributed by atoms with E-state index in [1.165, 1.54) is 10.9 Å². The molecule has 4 rings (SSSR count). The van der Waals surface area contributed by atoms with E-state index in [9.17, 15) is 4.79 Å². The van der Waals surface area contributed by atoms with E-state index in [0.717, 1.165) is 22.5 Å². The fourth-order valence-electron chi connectivity index (χ4n) is 3.79. The fourth-order valence-corrected chi connectivity index (χ4v) is 3.79. The number of aromatic amines is 1. The summed E-state index contributed by atoms with van der Waals surface area (Å²) in [5.41, 5.74) is 4.26. The Morgan fingerprint density at radius 3 is 2.42 bits per heavy atom. The van der Waals surface area contributed by atoms with Gasteiger partial charge in [-0.25, -0.2) is 0 Å². The highest BCUT2D eigenvalue weighted by atomic mass is 16.5. The van der Waals surface area contributed by atoms with Crippen molar-refractivity contribution in [3.63, 3.8) is 0 Å². The largest absolute Gasteiger partial charge is 0.497 e. The summed E-state index contributed by atoms with van der Waals surface area (Å²) >= 11 is 0. The van der Waals surface area contributed by atoms with Crippen LogP contribution >= 0.6 is 0 Å². The normalized spacial score (nSPS) is 13.0. The molecule has 0 bridgehead atoms. The number of hydrogen-bond donors (Lipinski definition) is 3. The predicted molar refractivity (Wildman–Crippen MR) is 126 cm³/mol. The third-order valence-corrected chi connectivity index (χ3v) is 5.58. The molecule has 0 aliphatic carbocycles. The minimum absolute atomic E-state index is 0.0568. The van der Waals surface area contributed by atoms with Crippen molar-refractivity contribution in [1.82, 2.24) is 10.3 Å². The van der Waals surface area contributed by atoms with Crippen LogP contribution in [0.25, 0.3) is 10.9 Å². The number of anilines is 1. The molecule has 0 saturated heterocycles. The number of ether oxygens (including phenoxy) is 1. The molecule has 0 saturated carbocycles. The number of nitrogens with one attached hydrogen (secondary N) is 3. The third-order valence-electron chi connectivity index (χ3n) is 5.58. The van der Waals surface area contributed by atoms with E-state index in [1.807, 2.05) is 61.5 Å². The first-order valence-corrected chi connectivity index (χ1v) is 10.4. The summed E-state index contributed by atoms with van der Waals surface area (Å²) in [5.74, 6) is 0.845. The van der Waals surface area contributed by atoms with Crippen molar-refractivity contribution in [3.8, 4) is 5.75 Å². The molecule has 0 radical (unpaired) electrons. The lowest BCUT2D eigenvalue weighted by atomic mass is 9.90. The first-order chi connectivity index (χ1) is 15.2. The zero-order valence-electron chi connectivity index (χ0n) is 17.8. The Kier molecular flexibility index (Phi) is 6.34. The van der Waals surface area contributed by atoms with E-state index in [0.29, 0.717) is 6.54 Å². The molecule has 31 heavy (non-hydrogen) atoms. The van der Waals surface area contributed by atoms with Crippen molar-refractivity contribution < 1.29 is 9.53 Å². The number of benzene rings is 3. The van der Waals surface area contributed by atoms with Crippen molar-refractivity contribution >= 4 is 22.5 Å². The molecule has 4 aromatic rings. The molecule has 2 atom stereocenters. The third kappa shape index (κ3) is 4.78. The summed E-state index contributed by atoms with van der Waals surface area (Å²) in [6.07, 6.45) is 2.07. The molecule has 158 valence electrons. The summed E-state index contributed by atoms with van der Waals surface area (Å²) in [4.78, 5) is 16.0. The zero-order chi connectivity index (χ0) is 21.6. The number of H-pyrrole nitrogens is 1. The van der Waals surface area contributed by atoms with E-state index in [1.54, 1.807) is 7.11 Å². The average Bonchev–Trinajstić information content (AvgIpc) is 3.24. The zero-order valence-corrected chi connectivity index (χ0v) is 17.8. The predicted octanol–water partition coefficient (Wildman–Crippen LogP) is 4.93. The molecule has 1 amide bonds. The van der Waals surface area contributed by atoms with Gasteiger partial charge in [0.1, 0.15) is 5.75 Å². The van der Waals surface area contributed by atoms with Crippen LogP contribution < -0.4 is 15.4 Å². The molecule has 5 nitrogen and oxygen atoms in total. The lowest BCUT2D eigenvalue weighted by molar-refractivity contribution is -0.117. The van der Waals surface area contributed by atoms with Crippen molar-refractivity contribution in [2.75, 3.05) is 19.0 Å². The Labute approximate surface area is 182 Å². The van der Waals surface area contributed by atoms with Crippen LogP contribution in [0.15, 0.2) is 85.1 Å². The molecule has 3 aromatic carbocycles. The maximum Gasteiger partial charge on any atom is 0.241 e. The number of aromatic nitrogens is 1. The highest BCUT2D eigenvalue weighted by Gasteiger charge is 2.21. The van der Waals surface area contributed by atoms with Crippen molar-refractivity contribution in [2.24, 2.45) is 0 Å². The highest BCUT2D eigenvalue weighted by Crippen LogP contribution is 2.31. The number of carbonyl (C=O) groups is 1. The van der Waals surface area contributed by atoms with Crippen LogP contribution in [0.3, 0.4) is 0 Å². The van der Waals surface area contributed by atoms with Crippen molar-refractivity contribution in [1.29, 1.82) is 0 Å². The molecule has 0 aliphatic rings. The number of amides is 1. The van der Waals surface area contributed by atoms with Gasteiger partial charge in [-0.1, -0.05) is 48.5 Å². The second-order valence-corrected chi connectivity index (χ2v) is 7.60. The van der Waals surface area contributed by atoms with Crippen molar-refractivity contribution in [2.45, 2.75) is 18.9 Å². The number of fused-ring (bicyclic) bond motifs is 1. The molecular formula is C26H27N3O2. The Morgan fingerprint density at radius 1 is 0.968 bits per heavy atom. The second kappa shape index (κ2) is 9.49. The Balaban J connectivity index is 1.55. The molecule has 0 spiro atoms. The van der Waals surface area contributed by atoms with Gasteiger partial charge in [0.25, 0.3) is 0 Å². The molecular weight excluding hydrogens is 386 g/mol. The standard InChI is InChI=1S/C26H27N3O2/c1-18(26(30)29-20-8-4-3-5-9-20)27-16-23(19-12-14-21(31-2)15-13-19)24-17-28-25-11-7-6-10-22(24)25/h3-15,17-18,23,27-28H,16H2,1-2H3,(H,29,30)/t18-,23-/m1/s1. The summed E-state index contributed by atoms with van der Waals surface area (Å²) in [7, 11) is 1.67. The van der Waals surface area contributed by atoms with Crippen LogP contribution in [0.1, 0.15) is 24.0 Å². The molecule has 5 heteroatoms. The van der Waals surface area contributed by atoms with Crippen LogP contribution in [0, 0.1) is 0 Å². The van der Waals surface area contributed by atoms with E-state index >= 15 is 0 Å². The lowest BCUT2D eigenvalue weighted by Gasteiger charge is -2.21. The Morgan fingerprint density at radius 2 is 1.68 bits per heavy atom. The van der Waals surface area contributed by atoms with Gasteiger partial charge in [-0.3, -0.25) is 4.79 Å². The average molecular weight is 414 g/mol. The minimum atomic E-state index is -0.342. The summed E-state index contributed by atoms with van der Waals surface area (Å²) < 4.78 is 5.32. The van der Waals surface area contributed by atoms with E-state index < -0.39 is 0 Å². The summed E-state index contributed by atoms with van der Waals surface area (Å²) in [5, 5.41) is 7.57. The molecule has 3 N–H and O–H groups in total. The van der Waals surface area contributed by atoms with Gasteiger partial charge >= 0.3 is 0 Å². The van der Waals surface area contributed by atoms with Crippen LogP contribution in [-0.4, -0.2) is 30.6 Å². The van der Waals surface area contributed by atoms with E-state index in [4.69, 9.17) is 4.74 Å². The number of rotatable bonds is 8. The van der Waals surface area contributed by atoms with Crippen LogP contribution in [0.2, 0.25) is 0 Å². The fraction of sp³-hybridized carbons (Fsp3) is 0.192. The second-order valence-electron chi connectivity index (χ2n) is 7.60. The molecule has 0 unspecified atom stereocenters. The number of hydrogen-bond acceptors (Lipinski definition) is 3.